The zero-order valence-corrected chi connectivity index (χ0v) is 20.8. The Hall–Kier alpha value is -2.95. The molecule has 2 fully saturated rings. The molecule has 2 aliphatic heterocycles. The van der Waals surface area contributed by atoms with Gasteiger partial charge in [0.1, 0.15) is 5.65 Å². The van der Waals surface area contributed by atoms with E-state index in [1.165, 1.54) is 16.8 Å². The van der Waals surface area contributed by atoms with Crippen molar-refractivity contribution in [2.75, 3.05) is 49.6 Å². The smallest absolute Gasteiger partial charge is 0.258 e. The van der Waals surface area contributed by atoms with Gasteiger partial charge in [-0.1, -0.05) is 6.07 Å². The predicted molar refractivity (Wildman–Crippen MR) is 136 cm³/mol. The van der Waals surface area contributed by atoms with Crippen molar-refractivity contribution in [1.82, 2.24) is 13.7 Å². The molecule has 0 unspecified atom stereocenters. The summed E-state index contributed by atoms with van der Waals surface area (Å²) in [6, 6.07) is 12.4. The number of nitrogens with one attached hydrogen (secondary N) is 1. The highest BCUT2D eigenvalue weighted by Crippen LogP contribution is 2.32. The first-order valence-corrected chi connectivity index (χ1v) is 13.6. The van der Waals surface area contributed by atoms with Crippen LogP contribution in [0.2, 0.25) is 0 Å². The van der Waals surface area contributed by atoms with Crippen LogP contribution in [0.15, 0.2) is 52.2 Å². The fourth-order valence-corrected chi connectivity index (χ4v) is 6.24. The quantitative estimate of drug-likeness (QED) is 0.559. The minimum absolute atomic E-state index is 0.134. The zero-order valence-electron chi connectivity index (χ0n) is 19.9. The van der Waals surface area contributed by atoms with Crippen molar-refractivity contribution < 1.29 is 13.2 Å². The lowest BCUT2D eigenvalue weighted by Gasteiger charge is -2.31. The highest BCUT2D eigenvalue weighted by atomic mass is 32.2. The van der Waals surface area contributed by atoms with Gasteiger partial charge in [-0.15, -0.1) is 0 Å². The van der Waals surface area contributed by atoms with E-state index in [0.29, 0.717) is 44.2 Å². The summed E-state index contributed by atoms with van der Waals surface area (Å²) in [7, 11) is -3.63. The average Bonchev–Trinajstić information content (AvgIpc) is 2.88. The summed E-state index contributed by atoms with van der Waals surface area (Å²) in [6.45, 7) is 5.55. The maximum Gasteiger partial charge on any atom is 0.258 e. The Balaban J connectivity index is 1.47. The summed E-state index contributed by atoms with van der Waals surface area (Å²) in [5, 5.41) is 3.39. The minimum Gasteiger partial charge on any atom is -0.379 e. The van der Waals surface area contributed by atoms with Gasteiger partial charge in [0.05, 0.1) is 41.7 Å². The van der Waals surface area contributed by atoms with Crippen LogP contribution in [-0.4, -0.2) is 61.5 Å². The van der Waals surface area contributed by atoms with E-state index in [9.17, 15) is 13.2 Å². The van der Waals surface area contributed by atoms with E-state index in [4.69, 9.17) is 4.74 Å². The van der Waals surface area contributed by atoms with Crippen LogP contribution in [0.3, 0.4) is 0 Å². The van der Waals surface area contributed by atoms with Gasteiger partial charge in [0.15, 0.2) is 0 Å². The summed E-state index contributed by atoms with van der Waals surface area (Å²) in [4.78, 5) is 19.9. The zero-order chi connectivity index (χ0) is 24.4. The summed E-state index contributed by atoms with van der Waals surface area (Å²) in [5.74, 6) is 0. The number of hydrogen-bond donors (Lipinski definition) is 1. The van der Waals surface area contributed by atoms with Crippen LogP contribution in [-0.2, 0) is 21.3 Å². The SMILES string of the molecule is Cc1cccc2nc(CNc3cc(S(=O)(=O)N4CCOCC4)ccc3N3CCCCC3)cc(=O)n12. The molecule has 1 aromatic carbocycles. The number of aryl methyl sites for hydroxylation is 1. The number of morpholine rings is 1. The molecule has 0 atom stereocenters. The molecule has 1 N–H and O–H groups in total. The number of piperidine rings is 1. The maximum absolute atomic E-state index is 13.3. The van der Waals surface area contributed by atoms with E-state index >= 15 is 0 Å². The summed E-state index contributed by atoms with van der Waals surface area (Å²) in [6.07, 6.45) is 3.42. The highest BCUT2D eigenvalue weighted by molar-refractivity contribution is 7.89. The first-order valence-electron chi connectivity index (χ1n) is 12.1. The molecular formula is C25H31N5O4S. The second-order valence-corrected chi connectivity index (χ2v) is 11.0. The molecule has 35 heavy (non-hydrogen) atoms. The van der Waals surface area contributed by atoms with Gasteiger partial charge in [-0.25, -0.2) is 13.4 Å². The Kier molecular flexibility index (Phi) is 6.77. The monoisotopic (exact) mass is 497 g/mol. The first kappa shape index (κ1) is 23.8. The van der Waals surface area contributed by atoms with Crippen LogP contribution in [0, 0.1) is 6.92 Å². The number of pyridine rings is 1. The largest absolute Gasteiger partial charge is 0.379 e. The third-order valence-corrected chi connectivity index (χ3v) is 8.56. The molecule has 0 aliphatic carbocycles. The standard InChI is InChI=1S/C25H31N5O4S/c1-19-6-5-7-24-27-20(16-25(31)30(19)24)18-26-22-17-21(35(32,33)29-12-14-34-15-13-29)8-9-23(22)28-10-3-2-4-11-28/h5-9,16-17,26H,2-4,10-15,18H2,1H3. The van der Waals surface area contributed by atoms with Crippen molar-refractivity contribution in [2.45, 2.75) is 37.6 Å². The molecular weight excluding hydrogens is 466 g/mol. The molecule has 0 saturated carbocycles. The lowest BCUT2D eigenvalue weighted by molar-refractivity contribution is 0.0730. The first-order chi connectivity index (χ1) is 16.9. The lowest BCUT2D eigenvalue weighted by atomic mass is 10.1. The molecule has 4 heterocycles. The van der Waals surface area contributed by atoms with Gasteiger partial charge < -0.3 is 15.0 Å². The summed E-state index contributed by atoms with van der Waals surface area (Å²) < 4.78 is 35.0. The Morgan fingerprint density at radius 1 is 1.00 bits per heavy atom. The molecule has 0 bridgehead atoms. The van der Waals surface area contributed by atoms with E-state index in [1.54, 1.807) is 16.5 Å². The fraction of sp³-hybridized carbons (Fsp3) is 0.440. The number of ether oxygens (including phenoxy) is 1. The minimum atomic E-state index is -3.63. The molecule has 3 aromatic rings. The van der Waals surface area contributed by atoms with Crippen molar-refractivity contribution in [2.24, 2.45) is 0 Å². The number of benzene rings is 1. The van der Waals surface area contributed by atoms with E-state index in [2.05, 4.69) is 15.2 Å². The van der Waals surface area contributed by atoms with Gasteiger partial charge in [0, 0.05) is 37.9 Å². The molecule has 10 heteroatoms. The van der Waals surface area contributed by atoms with Crippen LogP contribution >= 0.6 is 0 Å². The van der Waals surface area contributed by atoms with Crippen LogP contribution in [0.4, 0.5) is 11.4 Å². The van der Waals surface area contributed by atoms with Gasteiger partial charge in [-0.3, -0.25) is 9.20 Å². The fourth-order valence-electron chi connectivity index (χ4n) is 4.80. The van der Waals surface area contributed by atoms with E-state index in [0.717, 1.165) is 43.0 Å². The molecule has 5 rings (SSSR count). The van der Waals surface area contributed by atoms with Crippen molar-refractivity contribution in [3.05, 3.63) is 64.2 Å². The number of sulfonamides is 1. The normalized spacial score (nSPS) is 17.6. The number of anilines is 2. The lowest BCUT2D eigenvalue weighted by Crippen LogP contribution is -2.40. The van der Waals surface area contributed by atoms with Gasteiger partial charge >= 0.3 is 0 Å². The Labute approximate surface area is 205 Å². The number of rotatable bonds is 6. The average molecular weight is 498 g/mol. The van der Waals surface area contributed by atoms with Crippen LogP contribution in [0.1, 0.15) is 30.7 Å². The van der Waals surface area contributed by atoms with Gasteiger partial charge in [-0.05, 0) is 56.5 Å². The Morgan fingerprint density at radius 2 is 1.77 bits per heavy atom. The van der Waals surface area contributed by atoms with Gasteiger partial charge in [-0.2, -0.15) is 4.31 Å². The van der Waals surface area contributed by atoms with E-state index in [1.807, 2.05) is 31.2 Å². The second kappa shape index (κ2) is 9.96. The summed E-state index contributed by atoms with van der Waals surface area (Å²) in [5.41, 5.74) is 3.59. The molecule has 0 radical (unpaired) electrons. The van der Waals surface area contributed by atoms with Crippen molar-refractivity contribution >= 4 is 27.0 Å². The topological polar surface area (TPSA) is 96.2 Å². The van der Waals surface area contributed by atoms with Crippen molar-refractivity contribution in [3.8, 4) is 0 Å². The molecule has 2 aromatic heterocycles. The number of nitrogens with zero attached hydrogens (tertiary/aromatic N) is 4. The Morgan fingerprint density at radius 3 is 2.54 bits per heavy atom. The second-order valence-electron chi connectivity index (χ2n) is 9.04. The van der Waals surface area contributed by atoms with Gasteiger partial charge in [0.2, 0.25) is 10.0 Å². The number of fused-ring (bicyclic) bond motifs is 1. The predicted octanol–water partition coefficient (Wildman–Crippen LogP) is 2.63. The molecule has 0 spiro atoms. The molecule has 2 saturated heterocycles. The number of hydrogen-bond acceptors (Lipinski definition) is 7. The Bertz CT molecular complexity index is 1380. The van der Waals surface area contributed by atoms with Crippen LogP contribution in [0.5, 0.6) is 0 Å². The summed E-state index contributed by atoms with van der Waals surface area (Å²) >= 11 is 0. The van der Waals surface area contributed by atoms with Crippen molar-refractivity contribution in [3.63, 3.8) is 0 Å². The molecule has 2 aliphatic rings. The molecule has 186 valence electrons. The molecule has 9 nitrogen and oxygen atoms in total. The third-order valence-electron chi connectivity index (χ3n) is 6.67. The van der Waals surface area contributed by atoms with Crippen LogP contribution < -0.4 is 15.8 Å². The van der Waals surface area contributed by atoms with Crippen LogP contribution in [0.25, 0.3) is 5.65 Å². The number of aromatic nitrogens is 2. The highest BCUT2D eigenvalue weighted by Gasteiger charge is 2.27. The maximum atomic E-state index is 13.3. The van der Waals surface area contributed by atoms with E-state index < -0.39 is 10.0 Å². The van der Waals surface area contributed by atoms with E-state index in [-0.39, 0.29) is 10.5 Å². The molecule has 0 amide bonds. The van der Waals surface area contributed by atoms with Crippen molar-refractivity contribution in [1.29, 1.82) is 0 Å². The van der Waals surface area contributed by atoms with Gasteiger partial charge in [0.25, 0.3) is 5.56 Å². The third kappa shape index (κ3) is 4.91.